The van der Waals surface area contributed by atoms with Crippen LogP contribution < -0.4 is 0 Å². The fourth-order valence-corrected chi connectivity index (χ4v) is 1.50. The van der Waals surface area contributed by atoms with E-state index in [1.165, 1.54) is 7.11 Å². The number of carbonyl (C=O) groups excluding carboxylic acids is 1. The van der Waals surface area contributed by atoms with Crippen LogP contribution in [0.5, 0.6) is 0 Å². The minimum atomic E-state index is -1.06. The third kappa shape index (κ3) is 3.48. The third-order valence-corrected chi connectivity index (χ3v) is 2.32. The lowest BCUT2D eigenvalue weighted by Crippen LogP contribution is -2.10. The van der Waals surface area contributed by atoms with E-state index in [0.29, 0.717) is 0 Å². The van der Waals surface area contributed by atoms with Gasteiger partial charge in [0.1, 0.15) is 0 Å². The number of hydrogen-bond donors (Lipinski definition) is 1. The van der Waals surface area contributed by atoms with Gasteiger partial charge in [-0.2, -0.15) is 0 Å². The largest absolute Gasteiger partial charge is 0.481 e. The molecule has 0 saturated heterocycles. The van der Waals surface area contributed by atoms with Crippen molar-refractivity contribution in [1.29, 1.82) is 0 Å². The molecule has 0 amide bonds. The van der Waals surface area contributed by atoms with Crippen LogP contribution in [-0.4, -0.2) is 28.7 Å². The molecule has 0 bridgehead atoms. The summed E-state index contributed by atoms with van der Waals surface area (Å²) in [5.74, 6) is -1.67. The maximum Gasteiger partial charge on any atom is 0.334 e. The quantitative estimate of drug-likeness (QED) is 0.623. The first kappa shape index (κ1) is 13.0. The van der Waals surface area contributed by atoms with Crippen molar-refractivity contribution in [3.05, 3.63) is 29.6 Å². The van der Waals surface area contributed by atoms with Crippen LogP contribution in [0.2, 0.25) is 0 Å². The number of rotatable bonds is 5. The lowest BCUT2D eigenvalue weighted by atomic mass is 10.1. The molecule has 0 aliphatic carbocycles. The van der Waals surface area contributed by atoms with Gasteiger partial charge in [0.15, 0.2) is 0 Å². The van der Waals surface area contributed by atoms with E-state index in [-0.39, 0.29) is 12.0 Å². The van der Waals surface area contributed by atoms with E-state index < -0.39 is 11.9 Å². The number of hydrogen-bond acceptors (Lipinski definition) is 3. The summed E-state index contributed by atoms with van der Waals surface area (Å²) in [6.07, 6.45) is 3.06. The molecule has 1 aromatic rings. The lowest BCUT2D eigenvalue weighted by molar-refractivity contribution is -0.141. The number of esters is 1. The summed E-state index contributed by atoms with van der Waals surface area (Å²) < 4.78 is 6.46. The van der Waals surface area contributed by atoms with Gasteiger partial charge in [0.2, 0.25) is 0 Å². The van der Waals surface area contributed by atoms with Gasteiger partial charge in [-0.15, -0.1) is 0 Å². The van der Waals surface area contributed by atoms with Crippen LogP contribution in [-0.2, 0) is 20.9 Å². The topological polar surface area (TPSA) is 68.5 Å². The van der Waals surface area contributed by atoms with Gasteiger partial charge in [-0.05, 0) is 25.1 Å². The van der Waals surface area contributed by atoms with Gasteiger partial charge in [-0.3, -0.25) is 4.79 Å². The van der Waals surface area contributed by atoms with E-state index in [2.05, 4.69) is 4.74 Å². The molecule has 1 rings (SSSR count). The minimum Gasteiger partial charge on any atom is -0.481 e. The maximum atomic E-state index is 11.4. The Labute approximate surface area is 99.3 Å². The average molecular weight is 237 g/mol. The van der Waals surface area contributed by atoms with Gasteiger partial charge < -0.3 is 14.4 Å². The predicted molar refractivity (Wildman–Crippen MR) is 62.4 cm³/mol. The second-order valence-electron chi connectivity index (χ2n) is 3.45. The summed E-state index contributed by atoms with van der Waals surface area (Å²) in [4.78, 5) is 22.1. The number of carboxylic acid groups (broad SMARTS) is 1. The SMILES string of the molecule is CCn1cccc1C=C(CC(=O)O)C(=O)OC. The number of nitrogens with zero attached hydrogens (tertiary/aromatic N) is 1. The van der Waals surface area contributed by atoms with Crippen LogP contribution in [0.3, 0.4) is 0 Å². The fourth-order valence-electron chi connectivity index (χ4n) is 1.50. The standard InChI is InChI=1S/C12H15NO4/c1-3-13-6-4-5-10(13)7-9(8-11(14)15)12(16)17-2/h4-7H,3,8H2,1-2H3,(H,14,15). The van der Waals surface area contributed by atoms with Crippen molar-refractivity contribution < 1.29 is 19.4 Å². The highest BCUT2D eigenvalue weighted by Gasteiger charge is 2.14. The predicted octanol–water partition coefficient (Wildman–Crippen LogP) is 1.54. The Morgan fingerprint density at radius 3 is 2.76 bits per heavy atom. The number of aliphatic carboxylic acids is 1. The van der Waals surface area contributed by atoms with Gasteiger partial charge in [0.25, 0.3) is 0 Å². The van der Waals surface area contributed by atoms with Crippen molar-refractivity contribution in [2.45, 2.75) is 19.9 Å². The van der Waals surface area contributed by atoms with Gasteiger partial charge in [0.05, 0.1) is 19.1 Å². The zero-order valence-electron chi connectivity index (χ0n) is 9.84. The lowest BCUT2D eigenvalue weighted by Gasteiger charge is -2.05. The van der Waals surface area contributed by atoms with E-state index in [4.69, 9.17) is 5.11 Å². The highest BCUT2D eigenvalue weighted by atomic mass is 16.5. The molecule has 1 N–H and O–H groups in total. The summed E-state index contributed by atoms with van der Waals surface area (Å²) >= 11 is 0. The zero-order valence-corrected chi connectivity index (χ0v) is 9.84. The van der Waals surface area contributed by atoms with Crippen LogP contribution in [0.25, 0.3) is 6.08 Å². The van der Waals surface area contributed by atoms with E-state index in [1.807, 2.05) is 29.8 Å². The molecule has 1 aromatic heterocycles. The Hall–Kier alpha value is -2.04. The van der Waals surface area contributed by atoms with E-state index in [0.717, 1.165) is 12.2 Å². The first-order chi connectivity index (χ1) is 8.08. The Kier molecular flexibility index (Phi) is 4.51. The van der Waals surface area contributed by atoms with Crippen LogP contribution in [0.4, 0.5) is 0 Å². The van der Waals surface area contributed by atoms with Gasteiger partial charge in [0, 0.05) is 18.4 Å². The molecule has 0 atom stereocenters. The number of methoxy groups -OCH3 is 1. The van der Waals surface area contributed by atoms with Crippen LogP contribution in [0.1, 0.15) is 19.0 Å². The molecule has 5 nitrogen and oxygen atoms in total. The van der Waals surface area contributed by atoms with E-state index >= 15 is 0 Å². The summed E-state index contributed by atoms with van der Waals surface area (Å²) in [6, 6.07) is 3.65. The summed E-state index contributed by atoms with van der Waals surface area (Å²) in [7, 11) is 1.23. The summed E-state index contributed by atoms with van der Waals surface area (Å²) in [5, 5.41) is 8.73. The second kappa shape index (κ2) is 5.89. The Morgan fingerprint density at radius 2 is 2.24 bits per heavy atom. The number of aromatic nitrogens is 1. The fraction of sp³-hybridized carbons (Fsp3) is 0.333. The van der Waals surface area contributed by atoms with Crippen LogP contribution >= 0.6 is 0 Å². The van der Waals surface area contributed by atoms with Gasteiger partial charge in [-0.1, -0.05) is 0 Å². The van der Waals surface area contributed by atoms with Crippen LogP contribution in [0.15, 0.2) is 23.9 Å². The molecule has 0 radical (unpaired) electrons. The summed E-state index contributed by atoms with van der Waals surface area (Å²) in [6.45, 7) is 2.71. The normalized spacial score (nSPS) is 11.3. The highest BCUT2D eigenvalue weighted by Crippen LogP contribution is 2.12. The van der Waals surface area contributed by atoms with Crippen molar-refractivity contribution in [2.75, 3.05) is 7.11 Å². The molecule has 0 fully saturated rings. The smallest absolute Gasteiger partial charge is 0.334 e. The maximum absolute atomic E-state index is 11.4. The molecule has 0 unspecified atom stereocenters. The molecule has 0 aliphatic heterocycles. The molecule has 1 heterocycles. The van der Waals surface area contributed by atoms with Crippen molar-refractivity contribution in [3.63, 3.8) is 0 Å². The van der Waals surface area contributed by atoms with Crippen molar-refractivity contribution >= 4 is 18.0 Å². The van der Waals surface area contributed by atoms with Gasteiger partial charge in [-0.25, -0.2) is 4.79 Å². The first-order valence-electron chi connectivity index (χ1n) is 5.24. The molecule has 17 heavy (non-hydrogen) atoms. The molecule has 0 spiro atoms. The Balaban J connectivity index is 3.04. The molecule has 5 heteroatoms. The van der Waals surface area contributed by atoms with E-state index in [9.17, 15) is 9.59 Å². The van der Waals surface area contributed by atoms with Crippen LogP contribution in [0, 0.1) is 0 Å². The van der Waals surface area contributed by atoms with E-state index in [1.54, 1.807) is 6.08 Å². The number of carbonyl (C=O) groups is 2. The number of carboxylic acids is 1. The van der Waals surface area contributed by atoms with Crippen molar-refractivity contribution in [1.82, 2.24) is 4.57 Å². The van der Waals surface area contributed by atoms with Crippen molar-refractivity contribution in [3.8, 4) is 0 Å². The Morgan fingerprint density at radius 1 is 1.53 bits per heavy atom. The Bertz CT molecular complexity index is 445. The summed E-state index contributed by atoms with van der Waals surface area (Å²) in [5.41, 5.74) is 0.919. The minimum absolute atomic E-state index is 0.133. The molecule has 92 valence electrons. The third-order valence-electron chi connectivity index (χ3n) is 2.32. The monoisotopic (exact) mass is 237 g/mol. The van der Waals surface area contributed by atoms with Crippen molar-refractivity contribution in [2.24, 2.45) is 0 Å². The molecule has 0 aromatic carbocycles. The molecule has 0 saturated carbocycles. The highest BCUT2D eigenvalue weighted by molar-refractivity contribution is 5.97. The molecular weight excluding hydrogens is 222 g/mol. The van der Waals surface area contributed by atoms with Gasteiger partial charge >= 0.3 is 11.9 Å². The first-order valence-corrected chi connectivity index (χ1v) is 5.24. The number of aryl methyl sites for hydroxylation is 1. The average Bonchev–Trinajstić information content (AvgIpc) is 2.73. The second-order valence-corrected chi connectivity index (χ2v) is 3.45. The number of ether oxygens (including phenoxy) is 1. The molecular formula is C12H15NO4. The molecule has 0 aliphatic rings. The zero-order chi connectivity index (χ0) is 12.8.